The van der Waals surface area contributed by atoms with Gasteiger partial charge in [0, 0.05) is 48.8 Å². The number of carbonyl (C=O) groups excluding carboxylic acids is 3. The van der Waals surface area contributed by atoms with Crippen LogP contribution < -0.4 is 10.6 Å². The normalized spacial score (nSPS) is 27.5. The fourth-order valence-electron chi connectivity index (χ4n) is 5.59. The number of fused-ring (bicyclic) bond motifs is 2. The molecule has 5 atom stereocenters. The lowest BCUT2D eigenvalue weighted by atomic mass is 9.81. The van der Waals surface area contributed by atoms with Crippen LogP contribution in [0.15, 0.2) is 23.2 Å². The molecule has 38 heavy (non-hydrogen) atoms. The van der Waals surface area contributed by atoms with Crippen molar-refractivity contribution in [3.63, 3.8) is 0 Å². The molecule has 1 aromatic carbocycles. The van der Waals surface area contributed by atoms with Crippen LogP contribution in [-0.2, 0) is 9.59 Å². The molecule has 204 valence electrons. The number of aromatic amines is 1. The molecule has 5 rings (SSSR count). The lowest BCUT2D eigenvalue weighted by Gasteiger charge is -2.37. The average molecular weight is 563 g/mol. The molecule has 2 fully saturated rings. The molecule has 3 heterocycles. The van der Waals surface area contributed by atoms with E-state index in [9.17, 15) is 18.8 Å². The van der Waals surface area contributed by atoms with Crippen molar-refractivity contribution in [3.8, 4) is 0 Å². The standard InChI is InChI=1S/C26H32ClFN6O3S/c1-33(2)26(37)13-4-6-17(30-23(35)20-11-14-16(29-20)7-5-15(27)22(14)28)19(10-13)31-24(36)25-32-18-8-9-34(3)12-21(18)38-25/h5,7,11,13,17-19,21,29H,4,6,8-10,12H2,1-3H3,(H,30,35)(H,31,36)/t13-,17-,18?,19+,21?/m0/s1. The zero-order valence-corrected chi connectivity index (χ0v) is 23.2. The number of amides is 3. The van der Waals surface area contributed by atoms with Crippen molar-refractivity contribution >= 4 is 57.0 Å². The van der Waals surface area contributed by atoms with Crippen LogP contribution in [0, 0.1) is 11.7 Å². The van der Waals surface area contributed by atoms with Gasteiger partial charge in [-0.1, -0.05) is 23.4 Å². The number of rotatable bonds is 5. The molecule has 12 heteroatoms. The molecule has 3 aliphatic rings. The van der Waals surface area contributed by atoms with E-state index < -0.39 is 23.8 Å². The number of hydrogen-bond donors (Lipinski definition) is 3. The van der Waals surface area contributed by atoms with Crippen molar-refractivity contribution in [3.05, 3.63) is 34.7 Å². The van der Waals surface area contributed by atoms with Crippen molar-refractivity contribution in [2.45, 2.75) is 49.1 Å². The van der Waals surface area contributed by atoms with Gasteiger partial charge in [-0.2, -0.15) is 0 Å². The van der Waals surface area contributed by atoms with Gasteiger partial charge in [0.1, 0.15) is 5.69 Å². The highest BCUT2D eigenvalue weighted by Gasteiger charge is 2.40. The third-order valence-electron chi connectivity index (χ3n) is 7.68. The number of piperidine rings is 1. The Kier molecular flexibility index (Phi) is 7.70. The number of likely N-dealkylation sites (tertiary alicyclic amines) is 1. The van der Waals surface area contributed by atoms with Gasteiger partial charge >= 0.3 is 0 Å². The lowest BCUT2D eigenvalue weighted by Crippen LogP contribution is -2.56. The molecule has 3 N–H and O–H groups in total. The Balaban J connectivity index is 1.32. The van der Waals surface area contributed by atoms with Crippen LogP contribution >= 0.6 is 23.4 Å². The van der Waals surface area contributed by atoms with E-state index in [4.69, 9.17) is 16.6 Å². The maximum atomic E-state index is 14.4. The number of H-pyrrole nitrogens is 1. The summed E-state index contributed by atoms with van der Waals surface area (Å²) in [5.74, 6) is -1.54. The first kappa shape index (κ1) is 27.0. The summed E-state index contributed by atoms with van der Waals surface area (Å²) in [6.45, 7) is 1.84. The molecule has 2 aliphatic heterocycles. The van der Waals surface area contributed by atoms with E-state index in [1.165, 1.54) is 23.9 Å². The fourth-order valence-corrected chi connectivity index (χ4v) is 7.09. The number of benzene rings is 1. The Labute approximate surface area is 229 Å². The predicted octanol–water partition coefficient (Wildman–Crippen LogP) is 2.65. The molecule has 1 aromatic heterocycles. The SMILES string of the molecule is CN1CCC2N=C(C(=O)N[C@@H]3C[C@@H](C(=O)N(C)C)CC[C@@H]3NC(=O)c3cc4c(F)c(Cl)ccc4[nH]3)SC2C1. The summed E-state index contributed by atoms with van der Waals surface area (Å²) < 4.78 is 14.4. The van der Waals surface area contributed by atoms with Crippen LogP contribution in [0.3, 0.4) is 0 Å². The minimum absolute atomic E-state index is 0.00126. The number of thioether (sulfide) groups is 1. The number of aromatic nitrogens is 1. The summed E-state index contributed by atoms with van der Waals surface area (Å²) in [4.78, 5) is 50.6. The van der Waals surface area contributed by atoms with Gasteiger partial charge in [0.05, 0.1) is 17.1 Å². The van der Waals surface area contributed by atoms with E-state index in [2.05, 4.69) is 27.6 Å². The van der Waals surface area contributed by atoms with Crippen LogP contribution in [0.2, 0.25) is 5.02 Å². The van der Waals surface area contributed by atoms with Crippen molar-refractivity contribution in [1.29, 1.82) is 0 Å². The zero-order chi connectivity index (χ0) is 27.1. The summed E-state index contributed by atoms with van der Waals surface area (Å²) in [5.41, 5.74) is 0.659. The van der Waals surface area contributed by atoms with Gasteiger partial charge in [-0.3, -0.25) is 19.4 Å². The minimum atomic E-state index is -0.589. The average Bonchev–Trinajstić information content (AvgIpc) is 3.51. The molecular formula is C26H32ClFN6O3S. The summed E-state index contributed by atoms with van der Waals surface area (Å²) in [7, 11) is 5.50. The zero-order valence-electron chi connectivity index (χ0n) is 21.6. The Morgan fingerprint density at radius 1 is 1.16 bits per heavy atom. The van der Waals surface area contributed by atoms with Crippen molar-refractivity contribution < 1.29 is 18.8 Å². The van der Waals surface area contributed by atoms with Gasteiger partial charge < -0.3 is 25.4 Å². The van der Waals surface area contributed by atoms with Crippen LogP contribution in [0.25, 0.3) is 10.9 Å². The van der Waals surface area contributed by atoms with Gasteiger partial charge in [0.2, 0.25) is 5.91 Å². The maximum absolute atomic E-state index is 14.4. The van der Waals surface area contributed by atoms with Crippen molar-refractivity contribution in [2.24, 2.45) is 10.9 Å². The third-order valence-corrected chi connectivity index (χ3v) is 9.25. The van der Waals surface area contributed by atoms with Crippen LogP contribution in [0.1, 0.15) is 36.2 Å². The molecule has 0 radical (unpaired) electrons. The van der Waals surface area contributed by atoms with Gasteiger partial charge in [-0.25, -0.2) is 4.39 Å². The van der Waals surface area contributed by atoms with E-state index in [-0.39, 0.29) is 45.1 Å². The summed E-state index contributed by atoms with van der Waals surface area (Å²) in [5, 5.41) is 7.02. The van der Waals surface area contributed by atoms with Crippen LogP contribution in [0.4, 0.5) is 4.39 Å². The molecule has 1 aliphatic carbocycles. The number of carbonyl (C=O) groups is 3. The molecule has 1 saturated carbocycles. The maximum Gasteiger partial charge on any atom is 0.276 e. The molecular weight excluding hydrogens is 531 g/mol. The van der Waals surface area contributed by atoms with Gasteiger partial charge in [-0.05, 0) is 57.5 Å². The number of nitrogens with zero attached hydrogens (tertiary/aromatic N) is 3. The second-order valence-corrected chi connectivity index (χ2v) is 12.3. The smallest absolute Gasteiger partial charge is 0.276 e. The first-order chi connectivity index (χ1) is 18.1. The fraction of sp³-hybridized carbons (Fsp3) is 0.538. The molecule has 1 saturated heterocycles. The van der Waals surface area contributed by atoms with Crippen molar-refractivity contribution in [2.75, 3.05) is 34.2 Å². The number of hydrogen-bond acceptors (Lipinski definition) is 6. The highest BCUT2D eigenvalue weighted by molar-refractivity contribution is 8.16. The Morgan fingerprint density at radius 3 is 2.68 bits per heavy atom. The molecule has 3 amide bonds. The lowest BCUT2D eigenvalue weighted by molar-refractivity contribution is -0.134. The van der Waals surface area contributed by atoms with E-state index in [0.29, 0.717) is 29.8 Å². The third kappa shape index (κ3) is 5.41. The highest BCUT2D eigenvalue weighted by Crippen LogP contribution is 2.33. The Morgan fingerprint density at radius 2 is 1.92 bits per heavy atom. The largest absolute Gasteiger partial charge is 0.350 e. The summed E-state index contributed by atoms with van der Waals surface area (Å²) >= 11 is 7.39. The predicted molar refractivity (Wildman–Crippen MR) is 147 cm³/mol. The first-order valence-corrected chi connectivity index (χ1v) is 14.1. The molecule has 0 spiro atoms. The second-order valence-electron chi connectivity index (χ2n) is 10.6. The molecule has 0 bridgehead atoms. The number of nitrogens with one attached hydrogen (secondary N) is 3. The van der Waals surface area contributed by atoms with E-state index in [0.717, 1.165) is 19.5 Å². The van der Waals surface area contributed by atoms with E-state index in [1.54, 1.807) is 25.1 Å². The molecule has 9 nitrogen and oxygen atoms in total. The Bertz CT molecular complexity index is 1300. The first-order valence-electron chi connectivity index (χ1n) is 12.8. The number of halogens is 2. The quantitative estimate of drug-likeness (QED) is 0.519. The summed E-state index contributed by atoms with van der Waals surface area (Å²) in [6, 6.07) is 3.76. The number of aliphatic imine (C=N–C) groups is 1. The van der Waals surface area contributed by atoms with Crippen LogP contribution in [0.5, 0.6) is 0 Å². The van der Waals surface area contributed by atoms with Gasteiger partial charge in [0.25, 0.3) is 11.8 Å². The van der Waals surface area contributed by atoms with Gasteiger partial charge in [-0.15, -0.1) is 0 Å². The molecule has 2 aromatic rings. The van der Waals surface area contributed by atoms with E-state index in [1.807, 2.05) is 0 Å². The monoisotopic (exact) mass is 562 g/mol. The van der Waals surface area contributed by atoms with Gasteiger partial charge in [0.15, 0.2) is 10.9 Å². The topological polar surface area (TPSA) is 110 Å². The van der Waals surface area contributed by atoms with Crippen molar-refractivity contribution in [1.82, 2.24) is 25.4 Å². The highest BCUT2D eigenvalue weighted by atomic mass is 35.5. The Hall–Kier alpha value is -2.63. The molecule has 2 unspecified atom stereocenters. The minimum Gasteiger partial charge on any atom is -0.350 e. The second kappa shape index (κ2) is 10.9. The van der Waals surface area contributed by atoms with Crippen LogP contribution in [-0.4, -0.2) is 95.2 Å². The summed E-state index contributed by atoms with van der Waals surface area (Å²) in [6.07, 6.45) is 2.41. The van der Waals surface area contributed by atoms with E-state index >= 15 is 0 Å².